The van der Waals surface area contributed by atoms with Crippen LogP contribution in [0.5, 0.6) is 0 Å². The molecule has 1 fully saturated rings. The average molecular weight is 301 g/mol. The van der Waals surface area contributed by atoms with Crippen LogP contribution in [0.25, 0.3) is 0 Å². The highest BCUT2D eigenvalue weighted by Gasteiger charge is 2.27. The normalized spacial score (nSPS) is 17.4. The fourth-order valence-corrected chi connectivity index (χ4v) is 3.82. The molecule has 1 saturated heterocycles. The number of sulfonamides is 1. The largest absolute Gasteiger partial charge is 0.367 e. The summed E-state index contributed by atoms with van der Waals surface area (Å²) in [5.41, 5.74) is 5.88. The van der Waals surface area contributed by atoms with Crippen molar-refractivity contribution < 1.29 is 12.8 Å². The Kier molecular flexibility index (Phi) is 4.95. The van der Waals surface area contributed by atoms with Gasteiger partial charge in [-0.2, -0.15) is 4.31 Å². The van der Waals surface area contributed by atoms with Crippen LogP contribution in [-0.4, -0.2) is 51.2 Å². The van der Waals surface area contributed by atoms with Gasteiger partial charge in [0.1, 0.15) is 5.82 Å². The van der Waals surface area contributed by atoms with Crippen molar-refractivity contribution in [2.75, 3.05) is 43.4 Å². The van der Waals surface area contributed by atoms with Crippen molar-refractivity contribution >= 4 is 15.7 Å². The van der Waals surface area contributed by atoms with Crippen molar-refractivity contribution in [3.8, 4) is 0 Å². The van der Waals surface area contributed by atoms with Gasteiger partial charge in [-0.1, -0.05) is 12.1 Å². The number of rotatable bonds is 5. The van der Waals surface area contributed by atoms with Crippen molar-refractivity contribution in [2.24, 2.45) is 5.73 Å². The molecule has 0 aromatic heterocycles. The third-order valence-electron chi connectivity index (χ3n) is 3.43. The van der Waals surface area contributed by atoms with Gasteiger partial charge >= 0.3 is 0 Å². The molecule has 2 rings (SSSR count). The van der Waals surface area contributed by atoms with E-state index in [-0.39, 0.29) is 11.6 Å². The second-order valence-electron chi connectivity index (χ2n) is 4.80. The van der Waals surface area contributed by atoms with E-state index in [1.54, 1.807) is 18.2 Å². The molecule has 0 unspecified atom stereocenters. The fraction of sp³-hybridized carbons (Fsp3) is 0.538. The molecule has 20 heavy (non-hydrogen) atoms. The summed E-state index contributed by atoms with van der Waals surface area (Å²) < 4.78 is 39.2. The minimum Gasteiger partial charge on any atom is -0.367 e. The zero-order valence-electron chi connectivity index (χ0n) is 11.3. The number of hydrogen-bond donors (Lipinski definition) is 1. The molecule has 7 heteroatoms. The van der Waals surface area contributed by atoms with E-state index in [4.69, 9.17) is 5.73 Å². The van der Waals surface area contributed by atoms with Gasteiger partial charge in [-0.05, 0) is 25.1 Å². The fourth-order valence-electron chi connectivity index (χ4n) is 2.31. The first kappa shape index (κ1) is 15.2. The summed E-state index contributed by atoms with van der Waals surface area (Å²) in [6.45, 7) is 2.16. The number of nitrogens with zero attached hydrogens (tertiary/aromatic N) is 2. The number of halogens is 1. The van der Waals surface area contributed by atoms with Gasteiger partial charge in [0, 0.05) is 26.2 Å². The summed E-state index contributed by atoms with van der Waals surface area (Å²) in [6.07, 6.45) is 0.468. The van der Waals surface area contributed by atoms with E-state index < -0.39 is 10.0 Å². The van der Waals surface area contributed by atoms with Crippen LogP contribution in [0, 0.1) is 5.82 Å². The summed E-state index contributed by atoms with van der Waals surface area (Å²) in [4.78, 5) is 1.88. The SMILES string of the molecule is NCCCS(=O)(=O)N1CCN(c2ccccc2F)CC1. The third kappa shape index (κ3) is 3.47. The van der Waals surface area contributed by atoms with E-state index in [9.17, 15) is 12.8 Å². The van der Waals surface area contributed by atoms with Crippen molar-refractivity contribution in [3.63, 3.8) is 0 Å². The van der Waals surface area contributed by atoms with Gasteiger partial charge in [-0.15, -0.1) is 0 Å². The predicted octanol–water partition coefficient (Wildman–Crippen LogP) is 0.626. The van der Waals surface area contributed by atoms with Crippen LogP contribution in [0.3, 0.4) is 0 Å². The maximum Gasteiger partial charge on any atom is 0.214 e. The van der Waals surface area contributed by atoms with Crippen LogP contribution in [0.15, 0.2) is 24.3 Å². The van der Waals surface area contributed by atoms with E-state index in [0.717, 1.165) is 0 Å². The molecule has 1 aromatic carbocycles. The number of para-hydroxylation sites is 1. The Balaban J connectivity index is 1.98. The lowest BCUT2D eigenvalue weighted by Crippen LogP contribution is -2.49. The predicted molar refractivity (Wildman–Crippen MR) is 77.6 cm³/mol. The molecule has 5 nitrogen and oxygen atoms in total. The van der Waals surface area contributed by atoms with Gasteiger partial charge in [0.15, 0.2) is 0 Å². The smallest absolute Gasteiger partial charge is 0.214 e. The Labute approximate surface area is 119 Å². The van der Waals surface area contributed by atoms with Gasteiger partial charge < -0.3 is 10.6 Å². The Hall–Kier alpha value is -1.18. The summed E-state index contributed by atoms with van der Waals surface area (Å²) >= 11 is 0. The van der Waals surface area contributed by atoms with Gasteiger partial charge in [0.05, 0.1) is 11.4 Å². The molecule has 0 bridgehead atoms. The standard InChI is InChI=1S/C13H20FN3O2S/c14-12-4-1-2-5-13(12)16-7-9-17(10-8-16)20(18,19)11-3-6-15/h1-2,4-5H,3,6-11,15H2. The lowest BCUT2D eigenvalue weighted by Gasteiger charge is -2.35. The maximum atomic E-state index is 13.7. The molecule has 112 valence electrons. The monoisotopic (exact) mass is 301 g/mol. The summed E-state index contributed by atoms with van der Waals surface area (Å²) in [6, 6.07) is 6.56. The van der Waals surface area contributed by atoms with E-state index in [0.29, 0.717) is 44.8 Å². The van der Waals surface area contributed by atoms with Crippen molar-refractivity contribution in [1.29, 1.82) is 0 Å². The molecular weight excluding hydrogens is 281 g/mol. The minimum atomic E-state index is -3.23. The molecule has 2 N–H and O–H groups in total. The quantitative estimate of drug-likeness (QED) is 0.866. The Morgan fingerprint density at radius 3 is 2.40 bits per heavy atom. The summed E-state index contributed by atoms with van der Waals surface area (Å²) in [7, 11) is -3.23. The highest BCUT2D eigenvalue weighted by molar-refractivity contribution is 7.89. The van der Waals surface area contributed by atoms with E-state index in [1.165, 1.54) is 10.4 Å². The summed E-state index contributed by atoms with van der Waals surface area (Å²) in [5.74, 6) is -0.185. The highest BCUT2D eigenvalue weighted by Crippen LogP contribution is 2.21. The van der Waals surface area contributed by atoms with E-state index in [1.807, 2.05) is 4.90 Å². The number of benzene rings is 1. The van der Waals surface area contributed by atoms with Gasteiger partial charge in [0.2, 0.25) is 10.0 Å². The Morgan fingerprint density at radius 1 is 1.15 bits per heavy atom. The Morgan fingerprint density at radius 2 is 1.80 bits per heavy atom. The molecule has 0 aliphatic carbocycles. The molecule has 1 aromatic rings. The van der Waals surface area contributed by atoms with Crippen LogP contribution in [0.1, 0.15) is 6.42 Å². The number of hydrogen-bond acceptors (Lipinski definition) is 4. The van der Waals surface area contributed by atoms with E-state index >= 15 is 0 Å². The number of nitrogens with two attached hydrogens (primary N) is 1. The van der Waals surface area contributed by atoms with Gasteiger partial charge in [-0.25, -0.2) is 12.8 Å². The number of anilines is 1. The van der Waals surface area contributed by atoms with Crippen LogP contribution >= 0.6 is 0 Å². The first-order valence-corrected chi connectivity index (χ1v) is 8.33. The molecule has 1 aliphatic heterocycles. The van der Waals surface area contributed by atoms with Crippen LogP contribution in [0.4, 0.5) is 10.1 Å². The first-order chi connectivity index (χ1) is 9.54. The molecule has 0 radical (unpaired) electrons. The van der Waals surface area contributed by atoms with Crippen LogP contribution in [-0.2, 0) is 10.0 Å². The third-order valence-corrected chi connectivity index (χ3v) is 5.39. The van der Waals surface area contributed by atoms with Crippen LogP contribution in [0.2, 0.25) is 0 Å². The molecular formula is C13H20FN3O2S. The minimum absolute atomic E-state index is 0.0865. The van der Waals surface area contributed by atoms with Crippen LogP contribution < -0.4 is 10.6 Å². The zero-order chi connectivity index (χ0) is 14.6. The first-order valence-electron chi connectivity index (χ1n) is 6.72. The number of piperazine rings is 1. The van der Waals surface area contributed by atoms with Crippen molar-refractivity contribution in [2.45, 2.75) is 6.42 Å². The van der Waals surface area contributed by atoms with Crippen molar-refractivity contribution in [3.05, 3.63) is 30.1 Å². The zero-order valence-corrected chi connectivity index (χ0v) is 12.2. The molecule has 0 saturated carbocycles. The molecule has 0 spiro atoms. The molecule has 0 amide bonds. The highest BCUT2D eigenvalue weighted by atomic mass is 32.2. The lowest BCUT2D eigenvalue weighted by atomic mass is 10.2. The summed E-state index contributed by atoms with van der Waals surface area (Å²) in [5, 5.41) is 0. The van der Waals surface area contributed by atoms with Crippen molar-refractivity contribution in [1.82, 2.24) is 4.31 Å². The maximum absolute atomic E-state index is 13.7. The van der Waals surface area contributed by atoms with E-state index in [2.05, 4.69) is 0 Å². The molecule has 0 atom stereocenters. The topological polar surface area (TPSA) is 66.6 Å². The second-order valence-corrected chi connectivity index (χ2v) is 6.88. The van der Waals surface area contributed by atoms with Gasteiger partial charge in [-0.3, -0.25) is 0 Å². The molecule has 1 aliphatic rings. The molecule has 1 heterocycles. The Bertz CT molecular complexity index is 542. The average Bonchev–Trinajstić information content (AvgIpc) is 2.46. The lowest BCUT2D eigenvalue weighted by molar-refractivity contribution is 0.382. The van der Waals surface area contributed by atoms with Gasteiger partial charge in [0.25, 0.3) is 0 Å². The second kappa shape index (κ2) is 6.51.